The van der Waals surface area contributed by atoms with Crippen molar-refractivity contribution in [1.29, 1.82) is 0 Å². The third kappa shape index (κ3) is 3.26. The number of hydrogen-bond donors (Lipinski definition) is 1. The summed E-state index contributed by atoms with van der Waals surface area (Å²) >= 11 is 0. The van der Waals surface area contributed by atoms with E-state index in [1.807, 2.05) is 6.92 Å². The van der Waals surface area contributed by atoms with E-state index in [1.54, 1.807) is 11.1 Å². The highest BCUT2D eigenvalue weighted by Gasteiger charge is 2.63. The van der Waals surface area contributed by atoms with Crippen LogP contribution in [0.3, 0.4) is 0 Å². The standard InChI is InChI=1S/C30H46O2/c1-20(19-31)9-8-10-21(2)22-13-17-30(7)24-11-12-25-27(3,4)26(32)15-16-28(25,5)23(24)14-18-29(22,30)6/h9,11,14,21-22,25,31H,8,10,12-13,15-19H2,1-7H3/b20-9+/t21?,22-,25+,28-,29-,30+/m1/s1. The molecule has 2 nitrogen and oxygen atoms in total. The Balaban J connectivity index is 1.63. The largest absolute Gasteiger partial charge is 0.392 e. The maximum Gasteiger partial charge on any atom is 0.138 e. The summed E-state index contributed by atoms with van der Waals surface area (Å²) < 4.78 is 0. The second kappa shape index (κ2) is 7.97. The van der Waals surface area contributed by atoms with Crippen LogP contribution in [0.2, 0.25) is 0 Å². The van der Waals surface area contributed by atoms with Gasteiger partial charge in [-0.05, 0) is 97.0 Å². The molecular formula is C30H46O2. The number of fused-ring (bicyclic) bond motifs is 5. The Kier molecular flexibility index (Phi) is 5.97. The van der Waals surface area contributed by atoms with Gasteiger partial charge in [-0.3, -0.25) is 4.79 Å². The Morgan fingerprint density at radius 2 is 1.88 bits per heavy atom. The van der Waals surface area contributed by atoms with Crippen LogP contribution in [0.25, 0.3) is 0 Å². The summed E-state index contributed by atoms with van der Waals surface area (Å²) in [4.78, 5) is 12.8. The Morgan fingerprint density at radius 1 is 1.16 bits per heavy atom. The Bertz CT molecular complexity index is 873. The smallest absolute Gasteiger partial charge is 0.138 e. The van der Waals surface area contributed by atoms with E-state index >= 15 is 0 Å². The maximum absolute atomic E-state index is 12.8. The summed E-state index contributed by atoms with van der Waals surface area (Å²) in [6.07, 6.45) is 16.3. The summed E-state index contributed by atoms with van der Waals surface area (Å²) in [6.45, 7) is 16.7. The van der Waals surface area contributed by atoms with Crippen LogP contribution >= 0.6 is 0 Å². The lowest BCUT2D eigenvalue weighted by Gasteiger charge is -2.59. The first-order chi connectivity index (χ1) is 14.9. The van der Waals surface area contributed by atoms with E-state index in [4.69, 9.17) is 0 Å². The fraction of sp³-hybridized carbons (Fsp3) is 0.767. The SMILES string of the molecule is C/C(=C\CCC(C)[C@H]1CC[C@@]2(C)C3=CC[C@H]4C(C)(C)C(=O)CC[C@]4(C)C3=CC[C@]12C)CO. The third-order valence-corrected chi connectivity index (χ3v) is 11.1. The predicted molar refractivity (Wildman–Crippen MR) is 133 cm³/mol. The van der Waals surface area contributed by atoms with Crippen molar-refractivity contribution in [3.8, 4) is 0 Å². The van der Waals surface area contributed by atoms with E-state index in [9.17, 15) is 9.90 Å². The molecule has 4 aliphatic carbocycles. The topological polar surface area (TPSA) is 37.3 Å². The average molecular weight is 439 g/mol. The number of aliphatic hydroxyl groups excluding tert-OH is 1. The van der Waals surface area contributed by atoms with Gasteiger partial charge in [-0.2, -0.15) is 0 Å². The molecule has 0 amide bonds. The van der Waals surface area contributed by atoms with Crippen molar-refractivity contribution < 1.29 is 9.90 Å². The zero-order valence-electron chi connectivity index (χ0n) is 21.7. The first-order valence-corrected chi connectivity index (χ1v) is 13.1. The highest BCUT2D eigenvalue weighted by atomic mass is 16.3. The normalized spacial score (nSPS) is 41.9. The van der Waals surface area contributed by atoms with Crippen LogP contribution in [0.15, 0.2) is 34.9 Å². The minimum absolute atomic E-state index is 0.141. The van der Waals surface area contributed by atoms with Crippen LogP contribution in [-0.4, -0.2) is 17.5 Å². The minimum Gasteiger partial charge on any atom is -0.392 e. The number of aliphatic hydroxyl groups is 1. The molecule has 0 saturated heterocycles. The molecule has 1 unspecified atom stereocenters. The number of hydrogen-bond acceptors (Lipinski definition) is 2. The van der Waals surface area contributed by atoms with Crippen molar-refractivity contribution in [3.63, 3.8) is 0 Å². The van der Waals surface area contributed by atoms with Gasteiger partial charge in [-0.15, -0.1) is 0 Å². The number of rotatable bonds is 5. The van der Waals surface area contributed by atoms with Crippen molar-refractivity contribution in [2.45, 2.75) is 99.8 Å². The van der Waals surface area contributed by atoms with Crippen molar-refractivity contribution in [3.05, 3.63) is 34.9 Å². The molecule has 4 aliphatic rings. The number of Topliss-reactive ketones (excluding diaryl/α,β-unsaturated/α-hetero) is 1. The minimum atomic E-state index is -0.218. The fourth-order valence-corrected chi connectivity index (χ4v) is 8.62. The van der Waals surface area contributed by atoms with Gasteiger partial charge >= 0.3 is 0 Å². The lowest BCUT2D eigenvalue weighted by molar-refractivity contribution is -0.138. The lowest BCUT2D eigenvalue weighted by atomic mass is 9.44. The zero-order chi connectivity index (χ0) is 23.5. The Hall–Kier alpha value is -1.15. The molecule has 0 radical (unpaired) electrons. The third-order valence-electron chi connectivity index (χ3n) is 11.1. The molecule has 2 fully saturated rings. The monoisotopic (exact) mass is 438 g/mol. The van der Waals surface area contributed by atoms with Gasteiger partial charge in [-0.1, -0.05) is 65.3 Å². The van der Waals surface area contributed by atoms with Crippen LogP contribution < -0.4 is 0 Å². The van der Waals surface area contributed by atoms with Gasteiger partial charge in [-0.25, -0.2) is 0 Å². The molecule has 0 aromatic rings. The second-order valence-corrected chi connectivity index (χ2v) is 12.9. The van der Waals surface area contributed by atoms with Crippen LogP contribution in [0.1, 0.15) is 99.8 Å². The van der Waals surface area contributed by atoms with E-state index in [2.05, 4.69) is 59.8 Å². The highest BCUT2D eigenvalue weighted by molar-refractivity contribution is 5.86. The van der Waals surface area contributed by atoms with Crippen LogP contribution in [0.5, 0.6) is 0 Å². The summed E-state index contributed by atoms with van der Waals surface area (Å²) in [7, 11) is 0. The van der Waals surface area contributed by atoms with Crippen molar-refractivity contribution >= 4 is 5.78 Å². The molecule has 32 heavy (non-hydrogen) atoms. The highest BCUT2D eigenvalue weighted by Crippen LogP contribution is 2.71. The van der Waals surface area contributed by atoms with E-state index < -0.39 is 0 Å². The van der Waals surface area contributed by atoms with Crippen molar-refractivity contribution in [2.24, 2.45) is 39.4 Å². The molecule has 2 heteroatoms. The molecule has 0 aromatic heterocycles. The number of carbonyl (C=O) groups excluding carboxylic acids is 1. The van der Waals surface area contributed by atoms with Gasteiger partial charge in [0.25, 0.3) is 0 Å². The Labute approximate surface area is 196 Å². The summed E-state index contributed by atoms with van der Waals surface area (Å²) in [5.41, 5.74) is 4.80. The molecular weight excluding hydrogens is 392 g/mol. The van der Waals surface area contributed by atoms with E-state index in [1.165, 1.54) is 25.7 Å². The first-order valence-electron chi connectivity index (χ1n) is 13.1. The van der Waals surface area contributed by atoms with E-state index in [-0.39, 0.29) is 22.9 Å². The van der Waals surface area contributed by atoms with Crippen molar-refractivity contribution in [1.82, 2.24) is 0 Å². The maximum atomic E-state index is 12.8. The molecule has 1 N–H and O–H groups in total. The van der Waals surface area contributed by atoms with E-state index in [0.29, 0.717) is 23.0 Å². The molecule has 178 valence electrons. The molecule has 0 aromatic carbocycles. The lowest BCUT2D eigenvalue weighted by Crippen LogP contribution is -2.53. The molecule has 0 bridgehead atoms. The molecule has 0 spiro atoms. The van der Waals surface area contributed by atoms with Gasteiger partial charge in [0, 0.05) is 11.8 Å². The van der Waals surface area contributed by atoms with Gasteiger partial charge in [0.15, 0.2) is 0 Å². The van der Waals surface area contributed by atoms with Crippen LogP contribution in [0, 0.1) is 39.4 Å². The number of allylic oxidation sites excluding steroid dienone is 5. The van der Waals surface area contributed by atoms with Crippen LogP contribution in [-0.2, 0) is 4.79 Å². The molecule has 6 atom stereocenters. The molecule has 4 rings (SSSR count). The average Bonchev–Trinajstić information content (AvgIpc) is 3.02. The molecule has 0 heterocycles. The summed E-state index contributed by atoms with van der Waals surface area (Å²) in [5.74, 6) is 2.32. The summed E-state index contributed by atoms with van der Waals surface area (Å²) in [5, 5.41) is 9.30. The van der Waals surface area contributed by atoms with E-state index in [0.717, 1.165) is 37.2 Å². The zero-order valence-corrected chi connectivity index (χ0v) is 21.7. The summed E-state index contributed by atoms with van der Waals surface area (Å²) in [6, 6.07) is 0. The first kappa shape index (κ1) is 24.0. The quantitative estimate of drug-likeness (QED) is 0.453. The number of carbonyl (C=O) groups is 1. The van der Waals surface area contributed by atoms with Gasteiger partial charge < -0.3 is 5.11 Å². The van der Waals surface area contributed by atoms with Crippen molar-refractivity contribution in [2.75, 3.05) is 6.61 Å². The Morgan fingerprint density at radius 3 is 2.56 bits per heavy atom. The molecule has 0 aliphatic heterocycles. The fourth-order valence-electron chi connectivity index (χ4n) is 8.62. The van der Waals surface area contributed by atoms with Gasteiger partial charge in [0.1, 0.15) is 5.78 Å². The number of ketones is 1. The van der Waals surface area contributed by atoms with Gasteiger partial charge in [0.05, 0.1) is 6.61 Å². The molecule has 2 saturated carbocycles. The van der Waals surface area contributed by atoms with Gasteiger partial charge in [0.2, 0.25) is 0 Å². The van der Waals surface area contributed by atoms with Crippen LogP contribution in [0.4, 0.5) is 0 Å². The predicted octanol–water partition coefficient (Wildman–Crippen LogP) is 7.44. The second-order valence-electron chi connectivity index (χ2n) is 12.9.